The molecule has 1 aliphatic heterocycles. The molecule has 0 saturated carbocycles. The lowest BCUT2D eigenvalue weighted by Crippen LogP contribution is -2.14. The molecule has 1 N–H and O–H groups in total. The van der Waals surface area contributed by atoms with E-state index >= 15 is 0 Å². The molecule has 0 aliphatic carbocycles. The summed E-state index contributed by atoms with van der Waals surface area (Å²) in [6, 6.07) is 3.89. The Morgan fingerprint density at radius 3 is 2.95 bits per heavy atom. The van der Waals surface area contributed by atoms with Crippen molar-refractivity contribution in [2.75, 3.05) is 33.5 Å². The minimum Gasteiger partial charge on any atom is -0.493 e. The van der Waals surface area contributed by atoms with Gasteiger partial charge in [0.25, 0.3) is 0 Å². The lowest BCUT2D eigenvalue weighted by Gasteiger charge is -2.16. The fourth-order valence-corrected chi connectivity index (χ4v) is 2.49. The highest BCUT2D eigenvalue weighted by Gasteiger charge is 2.19. The van der Waals surface area contributed by atoms with Gasteiger partial charge in [0.05, 0.1) is 25.3 Å². The van der Waals surface area contributed by atoms with E-state index in [0.717, 1.165) is 38.3 Å². The molecule has 1 atom stereocenters. The number of halogens is 1. The van der Waals surface area contributed by atoms with Gasteiger partial charge in [0.15, 0.2) is 11.5 Å². The van der Waals surface area contributed by atoms with E-state index in [0.29, 0.717) is 29.0 Å². The van der Waals surface area contributed by atoms with Gasteiger partial charge in [0.2, 0.25) is 0 Å². The van der Waals surface area contributed by atoms with Gasteiger partial charge in [0.1, 0.15) is 0 Å². The lowest BCUT2D eigenvalue weighted by atomic mass is 10.1. The molecule has 1 aliphatic rings. The third kappa shape index (κ3) is 4.01. The number of nitrogens with one attached hydrogen (secondary N) is 1. The average Bonchev–Trinajstić information content (AvgIpc) is 2.96. The van der Waals surface area contributed by atoms with E-state index in [1.54, 1.807) is 7.11 Å². The number of ether oxygens (including phenoxy) is 3. The van der Waals surface area contributed by atoms with E-state index in [1.807, 2.05) is 12.1 Å². The van der Waals surface area contributed by atoms with Gasteiger partial charge in [0, 0.05) is 19.1 Å². The molecule has 1 heterocycles. The summed E-state index contributed by atoms with van der Waals surface area (Å²) >= 11 is 6.31. The molecule has 0 spiro atoms. The molecule has 1 unspecified atom stereocenters. The van der Waals surface area contributed by atoms with E-state index in [-0.39, 0.29) is 0 Å². The van der Waals surface area contributed by atoms with E-state index in [9.17, 15) is 0 Å². The summed E-state index contributed by atoms with van der Waals surface area (Å²) in [4.78, 5) is 0. The van der Waals surface area contributed by atoms with Crippen LogP contribution in [0.15, 0.2) is 12.1 Å². The predicted molar refractivity (Wildman–Crippen MR) is 79.8 cm³/mol. The molecule has 1 fully saturated rings. The molecule has 0 bridgehead atoms. The standard InChI is InChI=1S/C15H22ClNO3/c1-3-17-8-12-6-13(16)15(14(7-12)18-2)20-10-11-4-5-19-9-11/h6-7,11,17H,3-5,8-10H2,1-2H3. The highest BCUT2D eigenvalue weighted by Crippen LogP contribution is 2.37. The molecule has 1 aromatic carbocycles. The van der Waals surface area contributed by atoms with E-state index in [2.05, 4.69) is 12.2 Å². The summed E-state index contributed by atoms with van der Waals surface area (Å²) in [5, 5.41) is 3.86. The largest absolute Gasteiger partial charge is 0.493 e. The van der Waals surface area contributed by atoms with Gasteiger partial charge in [-0.1, -0.05) is 18.5 Å². The van der Waals surface area contributed by atoms with Crippen LogP contribution in [0.4, 0.5) is 0 Å². The Hall–Kier alpha value is -0.970. The summed E-state index contributed by atoms with van der Waals surface area (Å²) in [7, 11) is 1.63. The fraction of sp³-hybridized carbons (Fsp3) is 0.600. The zero-order valence-corrected chi connectivity index (χ0v) is 12.8. The van der Waals surface area contributed by atoms with Gasteiger partial charge in [-0.25, -0.2) is 0 Å². The summed E-state index contributed by atoms with van der Waals surface area (Å²) in [5.74, 6) is 1.75. The van der Waals surface area contributed by atoms with Crippen molar-refractivity contribution in [3.05, 3.63) is 22.7 Å². The Morgan fingerprint density at radius 1 is 1.45 bits per heavy atom. The van der Waals surface area contributed by atoms with Crippen LogP contribution in [-0.4, -0.2) is 33.5 Å². The number of methoxy groups -OCH3 is 1. The summed E-state index contributed by atoms with van der Waals surface area (Å²) < 4.78 is 16.6. The minimum atomic E-state index is 0.442. The van der Waals surface area contributed by atoms with Crippen molar-refractivity contribution in [3.63, 3.8) is 0 Å². The van der Waals surface area contributed by atoms with Gasteiger partial charge in [-0.2, -0.15) is 0 Å². The van der Waals surface area contributed by atoms with Crippen molar-refractivity contribution in [1.29, 1.82) is 0 Å². The molecule has 0 amide bonds. The van der Waals surface area contributed by atoms with Crippen molar-refractivity contribution in [2.45, 2.75) is 19.9 Å². The molecular formula is C15H22ClNO3. The molecular weight excluding hydrogens is 278 g/mol. The maximum atomic E-state index is 6.31. The molecule has 1 aromatic rings. The fourth-order valence-electron chi connectivity index (χ4n) is 2.20. The number of rotatable bonds is 7. The van der Waals surface area contributed by atoms with Crippen molar-refractivity contribution in [3.8, 4) is 11.5 Å². The predicted octanol–water partition coefficient (Wildman–Crippen LogP) is 2.87. The molecule has 0 aromatic heterocycles. The minimum absolute atomic E-state index is 0.442. The van der Waals surface area contributed by atoms with Crippen LogP contribution in [0, 0.1) is 5.92 Å². The number of hydrogen-bond donors (Lipinski definition) is 1. The van der Waals surface area contributed by atoms with E-state index in [4.69, 9.17) is 25.8 Å². The Bertz CT molecular complexity index is 433. The lowest BCUT2D eigenvalue weighted by molar-refractivity contribution is 0.165. The number of hydrogen-bond acceptors (Lipinski definition) is 4. The van der Waals surface area contributed by atoms with Gasteiger partial charge >= 0.3 is 0 Å². The van der Waals surface area contributed by atoms with E-state index < -0.39 is 0 Å². The van der Waals surface area contributed by atoms with Crippen LogP contribution in [0.3, 0.4) is 0 Å². The van der Waals surface area contributed by atoms with Crippen LogP contribution in [0.5, 0.6) is 11.5 Å². The molecule has 5 heteroatoms. The van der Waals surface area contributed by atoms with Gasteiger partial charge in [-0.3, -0.25) is 0 Å². The summed E-state index contributed by atoms with van der Waals surface area (Å²) in [6.45, 7) is 5.95. The van der Waals surface area contributed by atoms with Gasteiger partial charge in [-0.05, 0) is 30.7 Å². The second-order valence-electron chi connectivity index (χ2n) is 4.93. The van der Waals surface area contributed by atoms with Crippen LogP contribution in [0.1, 0.15) is 18.9 Å². The SMILES string of the molecule is CCNCc1cc(Cl)c(OCC2CCOC2)c(OC)c1. The highest BCUT2D eigenvalue weighted by atomic mass is 35.5. The monoisotopic (exact) mass is 299 g/mol. The quantitative estimate of drug-likeness (QED) is 0.840. The summed E-state index contributed by atoms with van der Waals surface area (Å²) in [5.41, 5.74) is 1.09. The van der Waals surface area contributed by atoms with E-state index in [1.165, 1.54) is 0 Å². The molecule has 112 valence electrons. The Morgan fingerprint density at radius 2 is 2.30 bits per heavy atom. The molecule has 20 heavy (non-hydrogen) atoms. The van der Waals surface area contributed by atoms with Crippen LogP contribution in [-0.2, 0) is 11.3 Å². The first-order valence-electron chi connectivity index (χ1n) is 7.02. The summed E-state index contributed by atoms with van der Waals surface area (Å²) in [6.07, 6.45) is 1.04. The first-order chi connectivity index (χ1) is 9.74. The zero-order valence-electron chi connectivity index (χ0n) is 12.1. The topological polar surface area (TPSA) is 39.7 Å². The maximum Gasteiger partial charge on any atom is 0.179 e. The number of benzene rings is 1. The highest BCUT2D eigenvalue weighted by molar-refractivity contribution is 6.32. The van der Waals surface area contributed by atoms with Gasteiger partial charge < -0.3 is 19.5 Å². The third-order valence-electron chi connectivity index (χ3n) is 3.36. The zero-order chi connectivity index (χ0) is 14.4. The Kier molecular flexibility index (Phi) is 5.95. The smallest absolute Gasteiger partial charge is 0.179 e. The molecule has 4 nitrogen and oxygen atoms in total. The first kappa shape index (κ1) is 15.4. The molecule has 0 radical (unpaired) electrons. The third-order valence-corrected chi connectivity index (χ3v) is 3.64. The van der Waals surface area contributed by atoms with Crippen LogP contribution in [0.2, 0.25) is 5.02 Å². The van der Waals surface area contributed by atoms with Gasteiger partial charge in [-0.15, -0.1) is 0 Å². The first-order valence-corrected chi connectivity index (χ1v) is 7.40. The van der Waals surface area contributed by atoms with Crippen LogP contribution >= 0.6 is 11.6 Å². The van der Waals surface area contributed by atoms with Crippen LogP contribution in [0.25, 0.3) is 0 Å². The van der Waals surface area contributed by atoms with Crippen LogP contribution < -0.4 is 14.8 Å². The van der Waals surface area contributed by atoms with Crippen molar-refractivity contribution >= 4 is 11.6 Å². The second kappa shape index (κ2) is 7.72. The maximum absolute atomic E-state index is 6.31. The molecule has 1 saturated heterocycles. The average molecular weight is 300 g/mol. The second-order valence-corrected chi connectivity index (χ2v) is 5.34. The Balaban J connectivity index is 2.06. The van der Waals surface area contributed by atoms with Crippen molar-refractivity contribution < 1.29 is 14.2 Å². The molecule has 2 rings (SSSR count). The van der Waals surface area contributed by atoms with Crippen molar-refractivity contribution in [1.82, 2.24) is 5.32 Å². The Labute approximate surface area is 125 Å². The normalized spacial score (nSPS) is 18.2. The van der Waals surface area contributed by atoms with Crippen molar-refractivity contribution in [2.24, 2.45) is 5.92 Å².